The first kappa shape index (κ1) is 55.0. The molecule has 15 aromatic carbocycles. The maximum absolute atomic E-state index is 5.68. The fourth-order valence-electron chi connectivity index (χ4n) is 16.2. The van der Waals surface area contributed by atoms with Gasteiger partial charge in [-0.15, -0.1) is 0 Å². The summed E-state index contributed by atoms with van der Waals surface area (Å²) in [5.41, 5.74) is 24.7. The molecule has 0 atom stereocenters. The molecule has 7 heteroatoms. The summed E-state index contributed by atoms with van der Waals surface area (Å²) in [6, 6.07) is 126. The quantitative estimate of drug-likeness (QED) is 0.145. The van der Waals surface area contributed by atoms with Crippen LogP contribution < -0.4 is 0 Å². The number of nitrogens with zero attached hydrogens (tertiary/aromatic N) is 7. The maximum Gasteiger partial charge on any atom is 0.162 e. The van der Waals surface area contributed by atoms with E-state index in [0.29, 0.717) is 5.82 Å². The van der Waals surface area contributed by atoms with E-state index < -0.39 is 0 Å². The number of hydrogen-bond acceptors (Lipinski definition) is 2. The molecule has 0 amide bonds. The fraction of sp³-hybridized carbons (Fsp3) is 0. The lowest BCUT2D eigenvalue weighted by Gasteiger charge is -2.14. The van der Waals surface area contributed by atoms with E-state index in [2.05, 4.69) is 369 Å². The Kier molecular flexibility index (Phi) is 12.0. The predicted molar refractivity (Wildman–Crippen MR) is 413 cm³/mol. The molecule has 21 rings (SSSR count). The largest absolute Gasteiger partial charge is 0.309 e. The van der Waals surface area contributed by atoms with Crippen LogP contribution in [0, 0.1) is 0 Å². The molecular formula is C92H57N7. The van der Waals surface area contributed by atoms with Gasteiger partial charge in [0.2, 0.25) is 0 Å². The molecular weight excluding hydrogens is 1200 g/mol. The van der Waals surface area contributed by atoms with E-state index in [0.717, 1.165) is 106 Å². The Morgan fingerprint density at radius 2 is 0.434 bits per heavy atom. The zero-order valence-electron chi connectivity index (χ0n) is 53.5. The predicted octanol–water partition coefficient (Wildman–Crippen LogP) is 23.8. The molecule has 99 heavy (non-hydrogen) atoms. The molecule has 0 aliphatic rings. The molecule has 6 aromatic heterocycles. The lowest BCUT2D eigenvalue weighted by atomic mass is 9.98. The second-order valence-corrected chi connectivity index (χ2v) is 26.1. The van der Waals surface area contributed by atoms with Gasteiger partial charge in [-0.25, -0.2) is 9.97 Å². The van der Waals surface area contributed by atoms with E-state index in [4.69, 9.17) is 9.97 Å². The summed E-state index contributed by atoms with van der Waals surface area (Å²) in [4.78, 5) is 11.1. The summed E-state index contributed by atoms with van der Waals surface area (Å²) >= 11 is 0. The van der Waals surface area contributed by atoms with E-state index >= 15 is 0 Å². The van der Waals surface area contributed by atoms with Gasteiger partial charge in [-0.1, -0.05) is 188 Å². The number of rotatable bonds is 9. The molecule has 21 aromatic rings. The number of hydrogen-bond donors (Lipinski definition) is 0. The van der Waals surface area contributed by atoms with Crippen molar-refractivity contribution in [2.45, 2.75) is 0 Å². The summed E-state index contributed by atoms with van der Waals surface area (Å²) in [6.45, 7) is 0. The van der Waals surface area contributed by atoms with Crippen LogP contribution in [-0.2, 0) is 0 Å². The normalized spacial score (nSPS) is 12.0. The van der Waals surface area contributed by atoms with Gasteiger partial charge in [0.15, 0.2) is 5.82 Å². The van der Waals surface area contributed by atoms with E-state index in [1.54, 1.807) is 0 Å². The molecule has 0 bridgehead atoms. The lowest BCUT2D eigenvalue weighted by Crippen LogP contribution is -2.03. The van der Waals surface area contributed by atoms with Gasteiger partial charge in [-0.2, -0.15) is 0 Å². The van der Waals surface area contributed by atoms with Gasteiger partial charge in [0.25, 0.3) is 0 Å². The van der Waals surface area contributed by atoms with Crippen molar-refractivity contribution in [2.75, 3.05) is 0 Å². The zero-order valence-corrected chi connectivity index (χ0v) is 53.5. The van der Waals surface area contributed by atoms with Crippen molar-refractivity contribution < 1.29 is 0 Å². The van der Waals surface area contributed by atoms with Crippen molar-refractivity contribution in [2.24, 2.45) is 0 Å². The highest BCUT2D eigenvalue weighted by atomic mass is 15.1. The molecule has 7 nitrogen and oxygen atoms in total. The van der Waals surface area contributed by atoms with Crippen LogP contribution in [0.5, 0.6) is 0 Å². The summed E-state index contributed by atoms with van der Waals surface area (Å²) in [5, 5.41) is 13.0. The first-order valence-corrected chi connectivity index (χ1v) is 33.9. The molecule has 0 aliphatic carbocycles. The summed E-state index contributed by atoms with van der Waals surface area (Å²) in [7, 11) is 0. The summed E-state index contributed by atoms with van der Waals surface area (Å²) in [6.07, 6.45) is 0. The molecule has 0 fully saturated rings. The van der Waals surface area contributed by atoms with Crippen LogP contribution in [0.1, 0.15) is 0 Å². The number of para-hydroxylation sites is 8. The number of fused-ring (bicyclic) bond motifs is 16. The smallest absolute Gasteiger partial charge is 0.162 e. The van der Waals surface area contributed by atoms with Crippen molar-refractivity contribution in [3.63, 3.8) is 0 Å². The van der Waals surface area contributed by atoms with Crippen molar-refractivity contribution in [3.05, 3.63) is 346 Å². The van der Waals surface area contributed by atoms with Gasteiger partial charge in [-0.05, 0) is 191 Å². The van der Waals surface area contributed by atoms with Crippen molar-refractivity contribution in [3.8, 4) is 73.3 Å². The average Bonchev–Trinajstić information content (AvgIpc) is 1.64. The zero-order chi connectivity index (χ0) is 64.8. The third kappa shape index (κ3) is 8.44. The topological polar surface area (TPSA) is 50.4 Å². The van der Waals surface area contributed by atoms with Crippen molar-refractivity contribution >= 4 is 120 Å². The molecule has 0 radical (unpaired) electrons. The molecule has 460 valence electrons. The molecule has 6 heterocycles. The Bertz CT molecular complexity index is 6690. The molecule has 0 N–H and O–H groups in total. The maximum atomic E-state index is 5.68. The highest BCUT2D eigenvalue weighted by molar-refractivity contribution is 6.17. The minimum atomic E-state index is 0.648. The van der Waals surface area contributed by atoms with E-state index in [1.807, 2.05) is 0 Å². The highest BCUT2D eigenvalue weighted by Gasteiger charge is 2.23. The van der Waals surface area contributed by atoms with E-state index in [9.17, 15) is 0 Å². The van der Waals surface area contributed by atoms with Gasteiger partial charge in [0.1, 0.15) is 5.82 Å². The standard InChI is InChI=1S/C92H57N7/c1-4-22-65(23-5-1)95-81-35-16-11-29-69(81)74-52-58(39-45-85(74)95)61-44-50-90-77(55-61)72-32-14-19-38-84(72)99(90)92-73-33-10-15-34-80(73)93-91(94-92)64-21-20-28-68(51-64)98-88-48-42-62(59-40-46-86-75(53-59)70-30-12-17-36-82(70)96(86)66-24-6-2-7-25-66)56-78(88)79-57-63(43-49-89(79)98)60-41-47-87-76(54-60)71-31-13-18-37-83(71)97(87)67-26-8-3-9-27-67/h1-57H. The number of benzene rings is 15. The van der Waals surface area contributed by atoms with Gasteiger partial charge in [0.05, 0.1) is 60.7 Å². The third-order valence-electron chi connectivity index (χ3n) is 20.7. The Morgan fingerprint density at radius 3 is 0.808 bits per heavy atom. The molecule has 0 aliphatic heterocycles. The molecule has 0 unspecified atom stereocenters. The monoisotopic (exact) mass is 1260 g/mol. The SMILES string of the molecule is c1ccc(-n2c3ccccc3c3cc(-c4ccc5c(c4)c4cc(-c6ccc7c(c6)c6ccccc6n7-c6ccccc6)ccc4n5-c4cccc(-c5nc(-n6c7ccccc7c7cc(-c8ccc9c(c8)c8ccccc8n9-c8ccccc8)ccc76)c6ccccc6n5)c4)ccc32)cc1. The minimum Gasteiger partial charge on any atom is -0.309 e. The Labute approximate surface area is 568 Å². The molecule has 0 spiro atoms. The Morgan fingerprint density at radius 1 is 0.162 bits per heavy atom. The first-order valence-electron chi connectivity index (χ1n) is 33.9. The Hall–Kier alpha value is -13.4. The van der Waals surface area contributed by atoms with Crippen molar-refractivity contribution in [1.29, 1.82) is 0 Å². The molecule has 0 saturated heterocycles. The first-order chi connectivity index (χ1) is 49.1. The van der Waals surface area contributed by atoms with Crippen LogP contribution in [0.4, 0.5) is 0 Å². The van der Waals surface area contributed by atoms with E-state index in [-0.39, 0.29) is 0 Å². The lowest BCUT2D eigenvalue weighted by molar-refractivity contribution is 1.07. The number of aromatic nitrogens is 7. The van der Waals surface area contributed by atoms with Crippen LogP contribution in [0.2, 0.25) is 0 Å². The van der Waals surface area contributed by atoms with Gasteiger partial charge < -0.3 is 18.3 Å². The second kappa shape index (κ2) is 21.6. The third-order valence-corrected chi connectivity index (χ3v) is 20.7. The van der Waals surface area contributed by atoms with E-state index in [1.165, 1.54) is 81.8 Å². The van der Waals surface area contributed by atoms with Crippen LogP contribution in [0.15, 0.2) is 346 Å². The summed E-state index contributed by atoms with van der Waals surface area (Å²) < 4.78 is 11.9. The van der Waals surface area contributed by atoms with Crippen LogP contribution >= 0.6 is 0 Å². The fourth-order valence-corrected chi connectivity index (χ4v) is 16.2. The van der Waals surface area contributed by atoms with Gasteiger partial charge in [0, 0.05) is 87.6 Å². The van der Waals surface area contributed by atoms with Gasteiger partial charge >= 0.3 is 0 Å². The van der Waals surface area contributed by atoms with Crippen molar-refractivity contribution in [1.82, 2.24) is 32.8 Å². The molecule has 0 saturated carbocycles. The van der Waals surface area contributed by atoms with Crippen LogP contribution in [0.3, 0.4) is 0 Å². The van der Waals surface area contributed by atoms with Gasteiger partial charge in [-0.3, -0.25) is 4.57 Å². The average molecular weight is 1260 g/mol. The highest BCUT2D eigenvalue weighted by Crippen LogP contribution is 2.44. The van der Waals surface area contributed by atoms with Crippen LogP contribution in [-0.4, -0.2) is 32.8 Å². The van der Waals surface area contributed by atoms with Crippen LogP contribution in [0.25, 0.3) is 193 Å². The second-order valence-electron chi connectivity index (χ2n) is 26.1. The Balaban J connectivity index is 0.717. The summed E-state index contributed by atoms with van der Waals surface area (Å²) in [5.74, 6) is 1.48. The minimum absolute atomic E-state index is 0.648.